The Hall–Kier alpha value is -2.89. The third-order valence-corrected chi connectivity index (χ3v) is 4.53. The molecule has 0 aliphatic carbocycles. The fourth-order valence-electron chi connectivity index (χ4n) is 3.28. The number of aryl methyl sites for hydroxylation is 1. The Labute approximate surface area is 146 Å². The van der Waals surface area contributed by atoms with E-state index in [2.05, 4.69) is 75.3 Å². The molecule has 0 spiro atoms. The summed E-state index contributed by atoms with van der Waals surface area (Å²) in [5, 5.41) is 5.64. The van der Waals surface area contributed by atoms with Crippen LogP contribution >= 0.6 is 0 Å². The highest BCUT2D eigenvalue weighted by Gasteiger charge is 2.15. The van der Waals surface area contributed by atoms with Gasteiger partial charge in [-0.15, -0.1) is 0 Å². The van der Waals surface area contributed by atoms with Crippen molar-refractivity contribution in [3.8, 4) is 0 Å². The number of para-hydroxylation sites is 1. The SMILES string of the molecule is CCCc1cc(N(CC)Cc2c[nH]c3ccccc23)n2ncnc2n1. The zero-order chi connectivity index (χ0) is 17.2. The summed E-state index contributed by atoms with van der Waals surface area (Å²) < 4.78 is 1.83. The molecule has 3 aromatic heterocycles. The van der Waals surface area contributed by atoms with Gasteiger partial charge in [0.2, 0.25) is 0 Å². The van der Waals surface area contributed by atoms with Gasteiger partial charge in [0, 0.05) is 41.9 Å². The van der Waals surface area contributed by atoms with Crippen molar-refractivity contribution in [1.29, 1.82) is 0 Å². The topological polar surface area (TPSA) is 62.1 Å². The molecule has 0 atom stereocenters. The smallest absolute Gasteiger partial charge is 0.254 e. The van der Waals surface area contributed by atoms with Crippen LogP contribution in [0.5, 0.6) is 0 Å². The Morgan fingerprint density at radius 3 is 2.92 bits per heavy atom. The van der Waals surface area contributed by atoms with Crippen molar-refractivity contribution in [2.24, 2.45) is 0 Å². The van der Waals surface area contributed by atoms with Crippen LogP contribution in [-0.4, -0.2) is 31.1 Å². The Morgan fingerprint density at radius 1 is 1.20 bits per heavy atom. The highest BCUT2D eigenvalue weighted by atomic mass is 15.4. The summed E-state index contributed by atoms with van der Waals surface area (Å²) in [6.07, 6.45) is 5.67. The Morgan fingerprint density at radius 2 is 2.08 bits per heavy atom. The number of H-pyrrole nitrogens is 1. The van der Waals surface area contributed by atoms with E-state index in [9.17, 15) is 0 Å². The molecule has 0 fully saturated rings. The summed E-state index contributed by atoms with van der Waals surface area (Å²) in [4.78, 5) is 14.6. The van der Waals surface area contributed by atoms with E-state index in [-0.39, 0.29) is 0 Å². The monoisotopic (exact) mass is 334 g/mol. The average Bonchev–Trinajstić information content (AvgIpc) is 3.26. The molecule has 4 rings (SSSR count). The Balaban J connectivity index is 1.75. The molecule has 0 aliphatic rings. The highest BCUT2D eigenvalue weighted by Crippen LogP contribution is 2.23. The molecule has 1 aromatic carbocycles. The molecule has 1 N–H and O–H groups in total. The van der Waals surface area contributed by atoms with Gasteiger partial charge >= 0.3 is 0 Å². The first-order valence-corrected chi connectivity index (χ1v) is 8.79. The van der Waals surface area contributed by atoms with E-state index >= 15 is 0 Å². The van der Waals surface area contributed by atoms with Crippen molar-refractivity contribution in [2.75, 3.05) is 11.4 Å². The number of anilines is 1. The van der Waals surface area contributed by atoms with Gasteiger partial charge in [-0.2, -0.15) is 14.6 Å². The molecule has 4 aromatic rings. The summed E-state index contributed by atoms with van der Waals surface area (Å²) in [6.45, 7) is 6.02. The zero-order valence-electron chi connectivity index (χ0n) is 14.6. The number of hydrogen-bond donors (Lipinski definition) is 1. The zero-order valence-corrected chi connectivity index (χ0v) is 14.6. The van der Waals surface area contributed by atoms with E-state index < -0.39 is 0 Å². The number of nitrogens with one attached hydrogen (secondary N) is 1. The van der Waals surface area contributed by atoms with Crippen LogP contribution in [0.4, 0.5) is 5.82 Å². The number of aromatic amines is 1. The maximum atomic E-state index is 4.61. The van der Waals surface area contributed by atoms with Gasteiger partial charge in [-0.1, -0.05) is 31.5 Å². The predicted molar refractivity (Wildman–Crippen MR) is 99.8 cm³/mol. The summed E-state index contributed by atoms with van der Waals surface area (Å²) in [6, 6.07) is 10.5. The second-order valence-electron chi connectivity index (χ2n) is 6.20. The van der Waals surface area contributed by atoms with E-state index in [0.717, 1.165) is 37.4 Å². The second kappa shape index (κ2) is 6.55. The quantitative estimate of drug-likeness (QED) is 0.585. The van der Waals surface area contributed by atoms with Crippen LogP contribution in [0.3, 0.4) is 0 Å². The van der Waals surface area contributed by atoms with Crippen LogP contribution in [0, 0.1) is 0 Å². The number of rotatable bonds is 6. The molecule has 0 unspecified atom stereocenters. The van der Waals surface area contributed by atoms with Gasteiger partial charge in [-0.05, 0) is 25.0 Å². The van der Waals surface area contributed by atoms with Crippen LogP contribution in [-0.2, 0) is 13.0 Å². The van der Waals surface area contributed by atoms with Crippen LogP contribution in [0.25, 0.3) is 16.7 Å². The van der Waals surface area contributed by atoms with Gasteiger partial charge in [-0.3, -0.25) is 0 Å². The molecular weight excluding hydrogens is 312 g/mol. The number of nitrogens with zero attached hydrogens (tertiary/aromatic N) is 5. The Bertz CT molecular complexity index is 999. The van der Waals surface area contributed by atoms with E-state index in [0.29, 0.717) is 5.78 Å². The fourth-order valence-corrected chi connectivity index (χ4v) is 3.28. The minimum atomic E-state index is 0.665. The number of benzene rings is 1. The summed E-state index contributed by atoms with van der Waals surface area (Å²) in [7, 11) is 0. The lowest BCUT2D eigenvalue weighted by atomic mass is 10.1. The minimum Gasteiger partial charge on any atom is -0.361 e. The van der Waals surface area contributed by atoms with Crippen LogP contribution < -0.4 is 4.90 Å². The van der Waals surface area contributed by atoms with E-state index in [4.69, 9.17) is 0 Å². The molecule has 0 saturated heterocycles. The fraction of sp³-hybridized carbons (Fsp3) is 0.316. The van der Waals surface area contributed by atoms with Gasteiger partial charge in [-0.25, -0.2) is 4.98 Å². The van der Waals surface area contributed by atoms with Gasteiger partial charge in [0.25, 0.3) is 5.78 Å². The first-order valence-electron chi connectivity index (χ1n) is 8.79. The van der Waals surface area contributed by atoms with Gasteiger partial charge in [0.15, 0.2) is 0 Å². The molecule has 0 amide bonds. The Kier molecular flexibility index (Phi) is 4.09. The molecule has 0 radical (unpaired) electrons. The van der Waals surface area contributed by atoms with Crippen LogP contribution in [0.2, 0.25) is 0 Å². The van der Waals surface area contributed by atoms with Crippen LogP contribution in [0.15, 0.2) is 42.9 Å². The molecule has 128 valence electrons. The standard InChI is InChI=1S/C19H22N6/c1-3-7-15-10-18(25-19(23-15)21-13-22-25)24(4-2)12-14-11-20-17-9-6-5-8-16(14)17/h5-6,8-11,13,20H,3-4,7,12H2,1-2H3. The molecule has 6 heteroatoms. The molecular formula is C19H22N6. The highest BCUT2D eigenvalue weighted by molar-refractivity contribution is 5.83. The molecule has 3 heterocycles. The van der Waals surface area contributed by atoms with E-state index in [1.54, 1.807) is 6.33 Å². The van der Waals surface area contributed by atoms with Crippen molar-refractivity contribution >= 4 is 22.5 Å². The first-order chi connectivity index (χ1) is 12.3. The second-order valence-corrected chi connectivity index (χ2v) is 6.20. The maximum Gasteiger partial charge on any atom is 0.254 e. The molecule has 0 bridgehead atoms. The van der Waals surface area contributed by atoms with Gasteiger partial charge in [0.05, 0.1) is 0 Å². The first kappa shape index (κ1) is 15.6. The van der Waals surface area contributed by atoms with E-state index in [1.807, 2.05) is 4.52 Å². The number of aromatic nitrogens is 5. The summed E-state index contributed by atoms with van der Waals surface area (Å²) >= 11 is 0. The van der Waals surface area contributed by atoms with Crippen molar-refractivity contribution in [3.05, 3.63) is 54.1 Å². The molecule has 0 saturated carbocycles. The normalized spacial score (nSPS) is 11.4. The average molecular weight is 334 g/mol. The third-order valence-electron chi connectivity index (χ3n) is 4.53. The maximum absolute atomic E-state index is 4.61. The lowest BCUT2D eigenvalue weighted by molar-refractivity contribution is 0.767. The molecule has 6 nitrogen and oxygen atoms in total. The van der Waals surface area contributed by atoms with Crippen molar-refractivity contribution in [1.82, 2.24) is 24.6 Å². The minimum absolute atomic E-state index is 0.665. The summed E-state index contributed by atoms with van der Waals surface area (Å²) in [5.74, 6) is 1.71. The molecule has 0 aliphatic heterocycles. The lowest BCUT2D eigenvalue weighted by Crippen LogP contribution is -2.25. The molecule has 25 heavy (non-hydrogen) atoms. The van der Waals surface area contributed by atoms with Crippen molar-refractivity contribution in [2.45, 2.75) is 33.2 Å². The van der Waals surface area contributed by atoms with Crippen LogP contribution in [0.1, 0.15) is 31.5 Å². The predicted octanol–water partition coefficient (Wildman–Crippen LogP) is 3.58. The van der Waals surface area contributed by atoms with Gasteiger partial charge < -0.3 is 9.88 Å². The third kappa shape index (κ3) is 2.84. The largest absolute Gasteiger partial charge is 0.361 e. The van der Waals surface area contributed by atoms with E-state index in [1.165, 1.54) is 16.5 Å². The number of fused-ring (bicyclic) bond motifs is 2. The number of hydrogen-bond acceptors (Lipinski definition) is 4. The van der Waals surface area contributed by atoms with Crippen molar-refractivity contribution < 1.29 is 0 Å². The van der Waals surface area contributed by atoms with Gasteiger partial charge in [0.1, 0.15) is 12.1 Å². The lowest BCUT2D eigenvalue weighted by Gasteiger charge is -2.23. The van der Waals surface area contributed by atoms with Crippen molar-refractivity contribution in [3.63, 3.8) is 0 Å². The summed E-state index contributed by atoms with van der Waals surface area (Å²) in [5.41, 5.74) is 3.51.